The number of aryl methyl sites for hydroxylation is 1. The van der Waals surface area contributed by atoms with Crippen LogP contribution in [-0.2, 0) is 11.2 Å². The van der Waals surface area contributed by atoms with Gasteiger partial charge in [-0.05, 0) is 34.4 Å². The summed E-state index contributed by atoms with van der Waals surface area (Å²) < 4.78 is 5.37. The van der Waals surface area contributed by atoms with Gasteiger partial charge in [-0.1, -0.05) is 73.6 Å². The highest BCUT2D eigenvalue weighted by Gasteiger charge is 2.13. The fourth-order valence-corrected chi connectivity index (χ4v) is 3.28. The van der Waals surface area contributed by atoms with Crippen LogP contribution in [0.4, 0.5) is 5.69 Å². The molecule has 0 aliphatic rings. The molecule has 5 heteroatoms. The van der Waals surface area contributed by atoms with Gasteiger partial charge in [0.15, 0.2) is 0 Å². The van der Waals surface area contributed by atoms with Crippen molar-refractivity contribution in [3.63, 3.8) is 0 Å². The van der Waals surface area contributed by atoms with Gasteiger partial charge >= 0.3 is 0 Å². The van der Waals surface area contributed by atoms with Gasteiger partial charge in [0.25, 0.3) is 0 Å². The van der Waals surface area contributed by atoms with E-state index in [0.29, 0.717) is 24.1 Å². The summed E-state index contributed by atoms with van der Waals surface area (Å²) in [5.74, 6) is 1.39. The van der Waals surface area contributed by atoms with E-state index in [-0.39, 0.29) is 12.3 Å². The van der Waals surface area contributed by atoms with Crippen molar-refractivity contribution in [1.29, 1.82) is 0 Å². The van der Waals surface area contributed by atoms with E-state index in [2.05, 4.69) is 41.4 Å². The van der Waals surface area contributed by atoms with Gasteiger partial charge in [-0.25, -0.2) is 0 Å². The minimum absolute atomic E-state index is 0.0767. The third-order valence-corrected chi connectivity index (χ3v) is 4.93. The summed E-state index contributed by atoms with van der Waals surface area (Å²) in [6.45, 7) is 4.29. The van der Waals surface area contributed by atoms with Gasteiger partial charge in [-0.2, -0.15) is 4.98 Å². The molecule has 0 spiro atoms. The fraction of sp³-hybridized carbons (Fsp3) is 0.208. The topological polar surface area (TPSA) is 68.0 Å². The van der Waals surface area contributed by atoms with Gasteiger partial charge in [-0.3, -0.25) is 4.79 Å². The predicted octanol–water partition coefficient (Wildman–Crippen LogP) is 5.58. The van der Waals surface area contributed by atoms with E-state index >= 15 is 0 Å². The number of benzene rings is 3. The molecule has 0 unspecified atom stereocenters. The normalized spacial score (nSPS) is 11.1. The highest BCUT2D eigenvalue weighted by molar-refractivity contribution is 5.95. The lowest BCUT2D eigenvalue weighted by Crippen LogP contribution is -2.12. The van der Waals surface area contributed by atoms with Crippen LogP contribution in [0.1, 0.15) is 37.6 Å². The van der Waals surface area contributed by atoms with Crippen molar-refractivity contribution in [3.8, 4) is 11.4 Å². The lowest BCUT2D eigenvalue weighted by atomic mass is 10.0. The van der Waals surface area contributed by atoms with Crippen LogP contribution in [0.3, 0.4) is 0 Å². The van der Waals surface area contributed by atoms with Crippen LogP contribution in [0.2, 0.25) is 0 Å². The third kappa shape index (κ3) is 4.35. The van der Waals surface area contributed by atoms with E-state index in [0.717, 1.165) is 22.0 Å². The van der Waals surface area contributed by atoms with E-state index in [4.69, 9.17) is 4.52 Å². The maximum Gasteiger partial charge on any atom is 0.227 e. The van der Waals surface area contributed by atoms with Crippen molar-refractivity contribution in [2.75, 3.05) is 5.32 Å². The second kappa shape index (κ2) is 8.27. The molecule has 4 rings (SSSR count). The number of hydrogen-bond donors (Lipinski definition) is 1. The zero-order valence-electron chi connectivity index (χ0n) is 16.6. The Bertz CT molecular complexity index is 1130. The number of aromatic nitrogens is 2. The molecule has 0 aliphatic heterocycles. The average molecular weight is 385 g/mol. The highest BCUT2D eigenvalue weighted by Crippen LogP contribution is 2.26. The molecule has 1 heterocycles. The number of amides is 1. The molecule has 0 fully saturated rings. The Morgan fingerprint density at radius 1 is 1.00 bits per heavy atom. The molecule has 0 radical (unpaired) electrons. The van der Waals surface area contributed by atoms with E-state index in [1.165, 1.54) is 5.56 Å². The Labute approximate surface area is 169 Å². The van der Waals surface area contributed by atoms with Gasteiger partial charge in [-0.15, -0.1) is 0 Å². The van der Waals surface area contributed by atoms with Crippen molar-refractivity contribution in [2.45, 2.75) is 32.6 Å². The first-order valence-electron chi connectivity index (χ1n) is 9.80. The molecule has 0 saturated carbocycles. The van der Waals surface area contributed by atoms with Gasteiger partial charge in [0.1, 0.15) is 0 Å². The van der Waals surface area contributed by atoms with E-state index in [1.807, 2.05) is 54.6 Å². The third-order valence-electron chi connectivity index (χ3n) is 4.93. The first kappa shape index (κ1) is 18.9. The molecule has 1 amide bonds. The lowest BCUT2D eigenvalue weighted by Gasteiger charge is -2.08. The molecule has 1 aromatic heterocycles. The van der Waals surface area contributed by atoms with Crippen LogP contribution in [0.25, 0.3) is 22.2 Å². The Balaban J connectivity index is 1.40. The molecule has 5 nitrogen and oxygen atoms in total. The molecule has 0 bridgehead atoms. The first-order chi connectivity index (χ1) is 14.1. The zero-order chi connectivity index (χ0) is 20.2. The summed E-state index contributed by atoms with van der Waals surface area (Å²) in [5.41, 5.74) is 2.96. The van der Waals surface area contributed by atoms with Crippen LogP contribution >= 0.6 is 0 Å². The Morgan fingerprint density at radius 2 is 1.76 bits per heavy atom. The zero-order valence-corrected chi connectivity index (χ0v) is 16.6. The summed E-state index contributed by atoms with van der Waals surface area (Å²) in [6.07, 6.45) is 0.677. The number of anilines is 1. The molecule has 0 aliphatic carbocycles. The summed E-state index contributed by atoms with van der Waals surface area (Å²) >= 11 is 0. The summed E-state index contributed by atoms with van der Waals surface area (Å²) in [6, 6.07) is 22.0. The molecule has 146 valence electrons. The highest BCUT2D eigenvalue weighted by atomic mass is 16.5. The van der Waals surface area contributed by atoms with Gasteiger partial charge < -0.3 is 9.84 Å². The van der Waals surface area contributed by atoms with Crippen molar-refractivity contribution in [3.05, 3.63) is 78.2 Å². The van der Waals surface area contributed by atoms with Gasteiger partial charge in [0, 0.05) is 24.1 Å². The molecule has 3 aromatic carbocycles. The molecular weight excluding hydrogens is 362 g/mol. The molecule has 1 N–H and O–H groups in total. The van der Waals surface area contributed by atoms with E-state index in [1.54, 1.807) is 0 Å². The average Bonchev–Trinajstić information content (AvgIpc) is 3.21. The van der Waals surface area contributed by atoms with E-state index in [9.17, 15) is 4.79 Å². The predicted molar refractivity (Wildman–Crippen MR) is 115 cm³/mol. The number of hydrogen-bond acceptors (Lipinski definition) is 4. The standard InChI is InChI=1S/C24H23N3O2/c1-16(2)17-10-12-19(13-11-17)25-22(28)14-15-23-26-24(27-29-23)21-9-5-7-18-6-3-4-8-20(18)21/h3-13,16H,14-15H2,1-2H3,(H,25,28). The number of nitrogens with zero attached hydrogens (tertiary/aromatic N) is 2. The van der Waals surface area contributed by atoms with Crippen molar-refractivity contribution in [2.24, 2.45) is 0 Å². The number of fused-ring (bicyclic) bond motifs is 1. The van der Waals surface area contributed by atoms with Crippen LogP contribution in [0.5, 0.6) is 0 Å². The summed E-state index contributed by atoms with van der Waals surface area (Å²) in [7, 11) is 0. The maximum atomic E-state index is 12.3. The number of rotatable bonds is 6. The lowest BCUT2D eigenvalue weighted by molar-refractivity contribution is -0.116. The van der Waals surface area contributed by atoms with Crippen LogP contribution < -0.4 is 5.32 Å². The monoisotopic (exact) mass is 385 g/mol. The molecule has 29 heavy (non-hydrogen) atoms. The minimum Gasteiger partial charge on any atom is -0.339 e. The van der Waals surface area contributed by atoms with Crippen molar-refractivity contribution < 1.29 is 9.32 Å². The smallest absolute Gasteiger partial charge is 0.227 e. The van der Waals surface area contributed by atoms with Gasteiger partial charge in [0.2, 0.25) is 17.6 Å². The minimum atomic E-state index is -0.0767. The molecular formula is C24H23N3O2. The summed E-state index contributed by atoms with van der Waals surface area (Å²) in [5, 5.41) is 9.22. The second-order valence-electron chi connectivity index (χ2n) is 7.36. The van der Waals surface area contributed by atoms with Crippen molar-refractivity contribution in [1.82, 2.24) is 10.1 Å². The Morgan fingerprint density at radius 3 is 2.55 bits per heavy atom. The quantitative estimate of drug-likeness (QED) is 0.470. The van der Waals surface area contributed by atoms with Crippen molar-refractivity contribution >= 4 is 22.4 Å². The first-order valence-corrected chi connectivity index (χ1v) is 9.80. The fourth-order valence-electron chi connectivity index (χ4n) is 3.28. The van der Waals surface area contributed by atoms with Crippen LogP contribution in [-0.4, -0.2) is 16.0 Å². The number of carbonyl (C=O) groups is 1. The maximum absolute atomic E-state index is 12.3. The number of nitrogens with one attached hydrogen (secondary N) is 1. The summed E-state index contributed by atoms with van der Waals surface area (Å²) in [4.78, 5) is 16.7. The Kier molecular flexibility index (Phi) is 5.38. The molecule has 4 aromatic rings. The van der Waals surface area contributed by atoms with E-state index < -0.39 is 0 Å². The second-order valence-corrected chi connectivity index (χ2v) is 7.36. The largest absolute Gasteiger partial charge is 0.339 e. The number of carbonyl (C=O) groups excluding carboxylic acids is 1. The molecule has 0 atom stereocenters. The Hall–Kier alpha value is -3.47. The van der Waals surface area contributed by atoms with Gasteiger partial charge in [0.05, 0.1) is 0 Å². The van der Waals surface area contributed by atoms with Crippen LogP contribution in [0, 0.1) is 0 Å². The molecule has 0 saturated heterocycles. The SMILES string of the molecule is CC(C)c1ccc(NC(=O)CCc2nc(-c3cccc4ccccc34)no2)cc1. The van der Waals surface area contributed by atoms with Crippen LogP contribution in [0.15, 0.2) is 71.3 Å².